The highest BCUT2D eigenvalue weighted by Crippen LogP contribution is 2.28. The first-order valence-electron chi connectivity index (χ1n) is 4.03. The SMILES string of the molecule is C/C=C/[C@H]1OC(C)(C)O[C@@H]1C. The van der Waals surface area contributed by atoms with Crippen molar-refractivity contribution >= 4 is 0 Å². The zero-order valence-corrected chi connectivity index (χ0v) is 7.63. The van der Waals surface area contributed by atoms with Gasteiger partial charge in [-0.25, -0.2) is 0 Å². The molecule has 0 bridgehead atoms. The molecule has 1 aliphatic rings. The maximum absolute atomic E-state index is 5.59. The summed E-state index contributed by atoms with van der Waals surface area (Å²) < 4.78 is 11.1. The van der Waals surface area contributed by atoms with Gasteiger partial charge in [-0.2, -0.15) is 0 Å². The predicted octanol–water partition coefficient (Wildman–Crippen LogP) is 2.10. The van der Waals surface area contributed by atoms with E-state index in [1.54, 1.807) is 0 Å². The second-order valence-corrected chi connectivity index (χ2v) is 3.33. The minimum atomic E-state index is -0.413. The van der Waals surface area contributed by atoms with E-state index < -0.39 is 5.79 Å². The van der Waals surface area contributed by atoms with E-state index in [1.807, 2.05) is 39.8 Å². The fraction of sp³-hybridized carbons (Fsp3) is 0.778. The molecule has 2 atom stereocenters. The van der Waals surface area contributed by atoms with Gasteiger partial charge in [0.2, 0.25) is 0 Å². The van der Waals surface area contributed by atoms with Crippen molar-refractivity contribution < 1.29 is 9.47 Å². The highest BCUT2D eigenvalue weighted by atomic mass is 16.7. The Hall–Kier alpha value is -0.340. The van der Waals surface area contributed by atoms with Crippen LogP contribution in [0.2, 0.25) is 0 Å². The van der Waals surface area contributed by atoms with Gasteiger partial charge in [0.1, 0.15) is 6.10 Å². The third-order valence-corrected chi connectivity index (χ3v) is 1.73. The van der Waals surface area contributed by atoms with Gasteiger partial charge in [-0.05, 0) is 27.7 Å². The van der Waals surface area contributed by atoms with E-state index >= 15 is 0 Å². The van der Waals surface area contributed by atoms with Crippen LogP contribution in [0.15, 0.2) is 12.2 Å². The monoisotopic (exact) mass is 156 g/mol. The molecule has 1 aliphatic heterocycles. The lowest BCUT2D eigenvalue weighted by Crippen LogP contribution is -2.20. The fourth-order valence-electron chi connectivity index (χ4n) is 1.35. The summed E-state index contributed by atoms with van der Waals surface area (Å²) in [6, 6.07) is 0. The lowest BCUT2D eigenvalue weighted by Gasteiger charge is -2.15. The molecule has 0 N–H and O–H groups in total. The third kappa shape index (κ3) is 2.04. The van der Waals surface area contributed by atoms with E-state index in [0.717, 1.165) is 0 Å². The molecule has 0 aromatic carbocycles. The summed E-state index contributed by atoms with van der Waals surface area (Å²) in [5, 5.41) is 0. The molecule has 0 aromatic rings. The van der Waals surface area contributed by atoms with E-state index in [9.17, 15) is 0 Å². The molecule has 0 amide bonds. The molecule has 0 aliphatic carbocycles. The minimum Gasteiger partial charge on any atom is -0.345 e. The summed E-state index contributed by atoms with van der Waals surface area (Å²) in [4.78, 5) is 0. The molecule has 0 aromatic heterocycles. The number of rotatable bonds is 1. The van der Waals surface area contributed by atoms with E-state index in [2.05, 4.69) is 0 Å². The van der Waals surface area contributed by atoms with Crippen molar-refractivity contribution in [3.05, 3.63) is 12.2 Å². The zero-order chi connectivity index (χ0) is 8.48. The Morgan fingerprint density at radius 1 is 1.27 bits per heavy atom. The third-order valence-electron chi connectivity index (χ3n) is 1.73. The summed E-state index contributed by atoms with van der Waals surface area (Å²) >= 11 is 0. The molecular formula is C9H16O2. The van der Waals surface area contributed by atoms with Crippen molar-refractivity contribution in [3.63, 3.8) is 0 Å². The Morgan fingerprint density at radius 3 is 2.27 bits per heavy atom. The van der Waals surface area contributed by atoms with Crippen molar-refractivity contribution in [2.45, 2.75) is 45.7 Å². The van der Waals surface area contributed by atoms with Crippen LogP contribution in [0.25, 0.3) is 0 Å². The van der Waals surface area contributed by atoms with Gasteiger partial charge in [-0.3, -0.25) is 0 Å². The molecule has 0 radical (unpaired) electrons. The van der Waals surface area contributed by atoms with Gasteiger partial charge < -0.3 is 9.47 Å². The average Bonchev–Trinajstić information content (AvgIpc) is 2.07. The smallest absolute Gasteiger partial charge is 0.164 e. The highest BCUT2D eigenvalue weighted by molar-refractivity contribution is 4.94. The van der Waals surface area contributed by atoms with Gasteiger partial charge in [0.05, 0.1) is 6.10 Å². The number of ether oxygens (including phenoxy) is 2. The van der Waals surface area contributed by atoms with Crippen LogP contribution in [0.4, 0.5) is 0 Å². The summed E-state index contributed by atoms with van der Waals surface area (Å²) in [5.41, 5.74) is 0. The highest BCUT2D eigenvalue weighted by Gasteiger charge is 2.36. The second-order valence-electron chi connectivity index (χ2n) is 3.33. The van der Waals surface area contributed by atoms with Crippen LogP contribution in [0, 0.1) is 0 Å². The normalized spacial score (nSPS) is 36.7. The Balaban J connectivity index is 2.59. The van der Waals surface area contributed by atoms with Gasteiger partial charge in [0, 0.05) is 0 Å². The van der Waals surface area contributed by atoms with E-state index in [0.29, 0.717) is 0 Å². The van der Waals surface area contributed by atoms with Crippen LogP contribution in [0.5, 0.6) is 0 Å². The Labute approximate surface area is 68.2 Å². The first-order valence-corrected chi connectivity index (χ1v) is 4.03. The lowest BCUT2D eigenvalue weighted by molar-refractivity contribution is -0.141. The molecule has 2 nitrogen and oxygen atoms in total. The fourth-order valence-corrected chi connectivity index (χ4v) is 1.35. The van der Waals surface area contributed by atoms with Crippen molar-refractivity contribution in [2.75, 3.05) is 0 Å². The first kappa shape index (κ1) is 8.75. The Bertz CT molecular complexity index is 161. The summed E-state index contributed by atoms with van der Waals surface area (Å²) in [6.45, 7) is 7.89. The maximum atomic E-state index is 5.59. The molecule has 1 rings (SSSR count). The molecular weight excluding hydrogens is 140 g/mol. The minimum absolute atomic E-state index is 0.120. The number of allylic oxidation sites excluding steroid dienone is 1. The van der Waals surface area contributed by atoms with Crippen LogP contribution < -0.4 is 0 Å². The lowest BCUT2D eigenvalue weighted by atomic mass is 10.2. The number of hydrogen-bond acceptors (Lipinski definition) is 2. The van der Waals surface area contributed by atoms with Crippen molar-refractivity contribution in [3.8, 4) is 0 Å². The molecule has 1 saturated heterocycles. The number of hydrogen-bond donors (Lipinski definition) is 0. The molecule has 2 heteroatoms. The van der Waals surface area contributed by atoms with Crippen LogP contribution in [-0.4, -0.2) is 18.0 Å². The molecule has 0 unspecified atom stereocenters. The molecule has 1 fully saturated rings. The first-order chi connectivity index (χ1) is 5.05. The average molecular weight is 156 g/mol. The Morgan fingerprint density at radius 2 is 1.91 bits per heavy atom. The van der Waals surface area contributed by atoms with Crippen LogP contribution in [0.1, 0.15) is 27.7 Å². The van der Waals surface area contributed by atoms with Crippen molar-refractivity contribution in [1.82, 2.24) is 0 Å². The summed E-state index contributed by atoms with van der Waals surface area (Å²) in [5.74, 6) is -0.413. The maximum Gasteiger partial charge on any atom is 0.164 e. The topological polar surface area (TPSA) is 18.5 Å². The van der Waals surface area contributed by atoms with E-state index in [-0.39, 0.29) is 12.2 Å². The van der Waals surface area contributed by atoms with Crippen LogP contribution >= 0.6 is 0 Å². The largest absolute Gasteiger partial charge is 0.345 e. The zero-order valence-electron chi connectivity index (χ0n) is 7.63. The molecule has 0 saturated carbocycles. The van der Waals surface area contributed by atoms with Crippen molar-refractivity contribution in [2.24, 2.45) is 0 Å². The standard InChI is InChI=1S/C9H16O2/c1-5-6-8-7(2)10-9(3,4)11-8/h5-8H,1-4H3/b6-5+/t7-,8-/m1/s1. The van der Waals surface area contributed by atoms with E-state index in [1.165, 1.54) is 0 Å². The molecule has 0 spiro atoms. The van der Waals surface area contributed by atoms with E-state index in [4.69, 9.17) is 9.47 Å². The van der Waals surface area contributed by atoms with Gasteiger partial charge in [0.15, 0.2) is 5.79 Å². The van der Waals surface area contributed by atoms with Gasteiger partial charge in [0.25, 0.3) is 0 Å². The van der Waals surface area contributed by atoms with Crippen LogP contribution in [-0.2, 0) is 9.47 Å². The van der Waals surface area contributed by atoms with Crippen molar-refractivity contribution in [1.29, 1.82) is 0 Å². The second kappa shape index (κ2) is 2.95. The predicted molar refractivity (Wildman–Crippen MR) is 44.3 cm³/mol. The molecule has 1 heterocycles. The van der Waals surface area contributed by atoms with Gasteiger partial charge >= 0.3 is 0 Å². The van der Waals surface area contributed by atoms with Gasteiger partial charge in [-0.15, -0.1) is 0 Å². The quantitative estimate of drug-likeness (QED) is 0.541. The van der Waals surface area contributed by atoms with Gasteiger partial charge in [-0.1, -0.05) is 12.2 Å². The summed E-state index contributed by atoms with van der Waals surface area (Å²) in [7, 11) is 0. The van der Waals surface area contributed by atoms with Crippen LogP contribution in [0.3, 0.4) is 0 Å². The molecule has 11 heavy (non-hydrogen) atoms. The summed E-state index contributed by atoms with van der Waals surface area (Å²) in [6.07, 6.45) is 4.31. The molecule has 64 valence electrons. The Kier molecular flexibility index (Phi) is 2.35.